The summed E-state index contributed by atoms with van der Waals surface area (Å²) in [7, 11) is 1.61. The van der Waals surface area contributed by atoms with Crippen molar-refractivity contribution in [3.05, 3.63) is 23.2 Å². The fraction of sp³-hybridized carbons (Fsp3) is 0.111. The Bertz CT molecular complexity index is 452. The molecule has 2 nitrogen and oxygen atoms in total. The lowest BCUT2D eigenvalue weighted by Gasteiger charge is -1.96. The van der Waals surface area contributed by atoms with Crippen LogP contribution in [0.3, 0.4) is 0 Å². The van der Waals surface area contributed by atoms with Crippen molar-refractivity contribution in [1.29, 1.82) is 0 Å². The first kappa shape index (κ1) is 8.66. The van der Waals surface area contributed by atoms with E-state index >= 15 is 0 Å². The molecule has 0 spiro atoms. The largest absolute Gasteiger partial charge is 0.486 e. The maximum Gasteiger partial charge on any atom is 0.198 e. The van der Waals surface area contributed by atoms with Gasteiger partial charge in [-0.3, -0.25) is 0 Å². The SMILES string of the molecule is COc1sc2cccc(Cl)c2c1N. The van der Waals surface area contributed by atoms with Crippen LogP contribution in [0, 0.1) is 0 Å². The number of methoxy groups -OCH3 is 1. The molecule has 4 heteroatoms. The van der Waals surface area contributed by atoms with Crippen molar-refractivity contribution < 1.29 is 4.74 Å². The number of ether oxygens (including phenoxy) is 1. The van der Waals surface area contributed by atoms with Crippen LogP contribution >= 0.6 is 22.9 Å². The smallest absolute Gasteiger partial charge is 0.198 e. The summed E-state index contributed by atoms with van der Waals surface area (Å²) in [6, 6.07) is 5.71. The first-order chi connectivity index (χ1) is 6.24. The van der Waals surface area contributed by atoms with Gasteiger partial charge in [0, 0.05) is 10.1 Å². The molecule has 0 amide bonds. The Kier molecular flexibility index (Phi) is 2.06. The summed E-state index contributed by atoms with van der Waals surface area (Å²) in [5, 5.41) is 2.30. The Morgan fingerprint density at radius 2 is 2.23 bits per heavy atom. The molecule has 0 aliphatic rings. The van der Waals surface area contributed by atoms with E-state index in [1.54, 1.807) is 7.11 Å². The highest BCUT2D eigenvalue weighted by Gasteiger charge is 2.11. The van der Waals surface area contributed by atoms with Crippen LogP contribution < -0.4 is 10.5 Å². The minimum atomic E-state index is 0.633. The summed E-state index contributed by atoms with van der Waals surface area (Å²) >= 11 is 7.51. The molecule has 0 bridgehead atoms. The van der Waals surface area contributed by atoms with Crippen LogP contribution in [0.25, 0.3) is 10.1 Å². The highest BCUT2D eigenvalue weighted by Crippen LogP contribution is 2.42. The highest BCUT2D eigenvalue weighted by atomic mass is 35.5. The third-order valence-corrected chi connectivity index (χ3v) is 3.30. The third kappa shape index (κ3) is 1.24. The Morgan fingerprint density at radius 1 is 1.46 bits per heavy atom. The maximum absolute atomic E-state index is 6.00. The Hall–Kier alpha value is -0.930. The molecule has 0 saturated heterocycles. The number of anilines is 1. The lowest BCUT2D eigenvalue weighted by molar-refractivity contribution is 0.429. The van der Waals surface area contributed by atoms with E-state index in [-0.39, 0.29) is 0 Å². The van der Waals surface area contributed by atoms with E-state index < -0.39 is 0 Å². The quantitative estimate of drug-likeness (QED) is 0.790. The molecular weight excluding hydrogens is 206 g/mol. The molecule has 68 valence electrons. The summed E-state index contributed by atoms with van der Waals surface area (Å²) in [5.74, 6) is 0. The average molecular weight is 214 g/mol. The molecule has 2 N–H and O–H groups in total. The summed E-state index contributed by atoms with van der Waals surface area (Å²) < 4.78 is 6.18. The fourth-order valence-electron chi connectivity index (χ4n) is 1.26. The molecule has 2 rings (SSSR count). The van der Waals surface area contributed by atoms with Crippen molar-refractivity contribution in [2.45, 2.75) is 0 Å². The Morgan fingerprint density at radius 3 is 2.85 bits per heavy atom. The summed E-state index contributed by atoms with van der Waals surface area (Å²) in [6.45, 7) is 0. The van der Waals surface area contributed by atoms with Gasteiger partial charge in [0.05, 0.1) is 17.8 Å². The average Bonchev–Trinajstić information content (AvgIpc) is 2.44. The van der Waals surface area contributed by atoms with Crippen molar-refractivity contribution in [3.8, 4) is 5.06 Å². The number of fused-ring (bicyclic) bond motifs is 1. The maximum atomic E-state index is 6.00. The van der Waals surface area contributed by atoms with E-state index in [4.69, 9.17) is 22.1 Å². The fourth-order valence-corrected chi connectivity index (χ4v) is 2.56. The first-order valence-electron chi connectivity index (χ1n) is 3.74. The Balaban J connectivity index is 2.85. The number of nitrogen functional groups attached to an aromatic ring is 1. The van der Waals surface area contributed by atoms with Crippen molar-refractivity contribution in [2.75, 3.05) is 12.8 Å². The number of rotatable bonds is 1. The molecular formula is C9H8ClNOS. The predicted octanol–water partition coefficient (Wildman–Crippen LogP) is 3.15. The van der Waals surface area contributed by atoms with Gasteiger partial charge in [-0.15, -0.1) is 0 Å². The van der Waals surface area contributed by atoms with Crippen LogP contribution in [-0.4, -0.2) is 7.11 Å². The molecule has 0 aliphatic heterocycles. The minimum Gasteiger partial charge on any atom is -0.486 e. The molecule has 1 aromatic carbocycles. The summed E-state index contributed by atoms with van der Waals surface area (Å²) in [5.41, 5.74) is 6.48. The van der Waals surface area contributed by atoms with Crippen LogP contribution in [0.2, 0.25) is 5.02 Å². The molecule has 2 aromatic rings. The molecule has 0 atom stereocenters. The van der Waals surface area contributed by atoms with Gasteiger partial charge in [0.25, 0.3) is 0 Å². The highest BCUT2D eigenvalue weighted by molar-refractivity contribution is 7.21. The molecule has 1 heterocycles. The van der Waals surface area contributed by atoms with Crippen LogP contribution in [0.5, 0.6) is 5.06 Å². The minimum absolute atomic E-state index is 0.633. The first-order valence-corrected chi connectivity index (χ1v) is 4.94. The lowest BCUT2D eigenvalue weighted by Crippen LogP contribution is -1.87. The summed E-state index contributed by atoms with van der Waals surface area (Å²) in [4.78, 5) is 0. The number of thiophene rings is 1. The number of hydrogen-bond donors (Lipinski definition) is 1. The van der Waals surface area contributed by atoms with Crippen LogP contribution in [0.15, 0.2) is 18.2 Å². The van der Waals surface area contributed by atoms with Gasteiger partial charge in [0.15, 0.2) is 5.06 Å². The van der Waals surface area contributed by atoms with E-state index in [1.807, 2.05) is 18.2 Å². The second-order valence-electron chi connectivity index (χ2n) is 2.62. The van der Waals surface area contributed by atoms with Gasteiger partial charge < -0.3 is 10.5 Å². The van der Waals surface area contributed by atoms with Crippen LogP contribution in [-0.2, 0) is 0 Å². The van der Waals surface area contributed by atoms with Gasteiger partial charge in [-0.2, -0.15) is 0 Å². The number of nitrogens with two attached hydrogens (primary N) is 1. The molecule has 0 fully saturated rings. The lowest BCUT2D eigenvalue weighted by atomic mass is 10.2. The van der Waals surface area contributed by atoms with Gasteiger partial charge in [0.1, 0.15) is 0 Å². The molecule has 1 aromatic heterocycles. The second kappa shape index (κ2) is 3.09. The van der Waals surface area contributed by atoms with Crippen molar-refractivity contribution >= 4 is 38.7 Å². The van der Waals surface area contributed by atoms with Crippen LogP contribution in [0.1, 0.15) is 0 Å². The van der Waals surface area contributed by atoms with Gasteiger partial charge in [-0.1, -0.05) is 29.0 Å². The van der Waals surface area contributed by atoms with Crippen molar-refractivity contribution in [3.63, 3.8) is 0 Å². The topological polar surface area (TPSA) is 35.2 Å². The van der Waals surface area contributed by atoms with Crippen molar-refractivity contribution in [1.82, 2.24) is 0 Å². The standard InChI is InChI=1S/C9H8ClNOS/c1-12-9-8(11)7-5(10)3-2-4-6(7)13-9/h2-4H,11H2,1H3. The van der Waals surface area contributed by atoms with E-state index in [2.05, 4.69) is 0 Å². The van der Waals surface area contributed by atoms with Crippen LogP contribution in [0.4, 0.5) is 5.69 Å². The zero-order chi connectivity index (χ0) is 9.42. The van der Waals surface area contributed by atoms with E-state index in [0.29, 0.717) is 10.7 Å². The molecule has 13 heavy (non-hydrogen) atoms. The third-order valence-electron chi connectivity index (χ3n) is 1.85. The van der Waals surface area contributed by atoms with Gasteiger partial charge in [-0.25, -0.2) is 0 Å². The van der Waals surface area contributed by atoms with E-state index in [9.17, 15) is 0 Å². The van der Waals surface area contributed by atoms with Gasteiger partial charge in [0.2, 0.25) is 0 Å². The normalized spacial score (nSPS) is 10.6. The molecule has 0 aliphatic carbocycles. The molecule has 0 radical (unpaired) electrons. The van der Waals surface area contributed by atoms with Gasteiger partial charge in [-0.05, 0) is 12.1 Å². The zero-order valence-electron chi connectivity index (χ0n) is 7.00. The van der Waals surface area contributed by atoms with E-state index in [1.165, 1.54) is 11.3 Å². The van der Waals surface area contributed by atoms with E-state index in [0.717, 1.165) is 15.1 Å². The van der Waals surface area contributed by atoms with Gasteiger partial charge >= 0.3 is 0 Å². The monoisotopic (exact) mass is 213 g/mol. The second-order valence-corrected chi connectivity index (χ2v) is 4.04. The number of halogens is 1. The van der Waals surface area contributed by atoms with Crippen molar-refractivity contribution in [2.24, 2.45) is 0 Å². The number of benzene rings is 1. The molecule has 0 unspecified atom stereocenters. The molecule has 0 saturated carbocycles. The number of hydrogen-bond acceptors (Lipinski definition) is 3. The zero-order valence-corrected chi connectivity index (χ0v) is 8.58. The summed E-state index contributed by atoms with van der Waals surface area (Å²) in [6.07, 6.45) is 0. The Labute approximate surface area is 84.9 Å². The predicted molar refractivity (Wildman–Crippen MR) is 57.8 cm³/mol.